The monoisotopic (exact) mass is 366 g/mol. The average Bonchev–Trinajstić information content (AvgIpc) is 2.14. The molecule has 0 fully saturated rings. The summed E-state index contributed by atoms with van der Waals surface area (Å²) in [5, 5.41) is 0. The van der Waals surface area contributed by atoms with E-state index in [1.165, 1.54) is 38.5 Å². The molecule has 0 atom stereocenters. The summed E-state index contributed by atoms with van der Waals surface area (Å²) in [6, 6.07) is 0. The first-order chi connectivity index (χ1) is 7.41. The lowest BCUT2D eigenvalue weighted by Crippen LogP contribution is -3.63. The predicted octanol–water partition coefficient (Wildman–Crippen LogP) is -0.540. The zero-order chi connectivity index (χ0) is 12.9. The third-order valence-corrected chi connectivity index (χ3v) is 4.79. The summed E-state index contributed by atoms with van der Waals surface area (Å²) < 4.78 is 36.0. The van der Waals surface area contributed by atoms with Gasteiger partial charge in [0, 0.05) is 0 Å². The Kier molecular flexibility index (Phi) is 16.2. The van der Waals surface area contributed by atoms with Gasteiger partial charge < -0.3 is 4.55 Å². The first-order valence-corrected chi connectivity index (χ1v) is 10.0. The van der Waals surface area contributed by atoms with E-state index in [1.54, 1.807) is 8.86 Å². The SMILES string of the molecule is CCCCC[I+]CCCCC.O=S(=O)([O-])O. The fraction of sp³-hybridized carbons (Fsp3) is 1.00. The molecule has 0 radical (unpaired) electrons. The van der Waals surface area contributed by atoms with E-state index in [0.717, 1.165) is 0 Å². The van der Waals surface area contributed by atoms with Gasteiger partial charge >= 0.3 is 0 Å². The van der Waals surface area contributed by atoms with E-state index >= 15 is 0 Å². The van der Waals surface area contributed by atoms with Gasteiger partial charge in [-0.1, -0.05) is 26.7 Å². The molecule has 0 aliphatic carbocycles. The Balaban J connectivity index is 0. The van der Waals surface area contributed by atoms with Gasteiger partial charge in [-0.3, -0.25) is 4.55 Å². The highest BCUT2D eigenvalue weighted by Gasteiger charge is 2.03. The molecule has 4 nitrogen and oxygen atoms in total. The van der Waals surface area contributed by atoms with Gasteiger partial charge in [0.15, 0.2) is 0 Å². The molecule has 6 heteroatoms. The molecule has 0 amide bonds. The van der Waals surface area contributed by atoms with Crippen LogP contribution in [0.2, 0.25) is 0 Å². The number of unbranched alkanes of at least 4 members (excludes halogenated alkanes) is 4. The summed E-state index contributed by atoms with van der Waals surface area (Å²) in [5.74, 6) is 0. The zero-order valence-electron chi connectivity index (χ0n) is 10.1. The van der Waals surface area contributed by atoms with Gasteiger partial charge in [0.1, 0.15) is 8.86 Å². The van der Waals surface area contributed by atoms with E-state index < -0.39 is 10.4 Å². The van der Waals surface area contributed by atoms with Crippen molar-refractivity contribution in [3.63, 3.8) is 0 Å². The van der Waals surface area contributed by atoms with Crippen LogP contribution in [0.25, 0.3) is 0 Å². The van der Waals surface area contributed by atoms with Gasteiger partial charge in [0.25, 0.3) is 21.2 Å². The Morgan fingerprint density at radius 3 is 1.56 bits per heavy atom. The molecule has 0 bridgehead atoms. The molecule has 1 N–H and O–H groups in total. The van der Waals surface area contributed by atoms with Crippen molar-refractivity contribution < 1.29 is 38.7 Å². The summed E-state index contributed by atoms with van der Waals surface area (Å²) >= 11 is 0.600. The van der Waals surface area contributed by atoms with Gasteiger partial charge in [0.2, 0.25) is 10.4 Å². The average molecular weight is 366 g/mol. The minimum atomic E-state index is -4.92. The van der Waals surface area contributed by atoms with Gasteiger partial charge in [-0.05, 0) is 25.7 Å². The largest absolute Gasteiger partial charge is 0.726 e. The molecule has 0 aromatic rings. The molecular formula is C10H23IO4S. The molecule has 100 valence electrons. The molecule has 0 aromatic carbocycles. The fourth-order valence-corrected chi connectivity index (χ4v) is 3.67. The van der Waals surface area contributed by atoms with E-state index in [1.807, 2.05) is 0 Å². The van der Waals surface area contributed by atoms with Crippen molar-refractivity contribution in [1.29, 1.82) is 0 Å². The summed E-state index contributed by atoms with van der Waals surface area (Å²) in [6.45, 7) is 4.57. The summed E-state index contributed by atoms with van der Waals surface area (Å²) in [7, 11) is -4.92. The second kappa shape index (κ2) is 13.7. The Hall–Kier alpha value is 0.600. The number of hydrogen-bond donors (Lipinski definition) is 1. The maximum absolute atomic E-state index is 8.63. The summed E-state index contributed by atoms with van der Waals surface area (Å²) in [5.41, 5.74) is 0. The molecule has 0 aliphatic heterocycles. The van der Waals surface area contributed by atoms with E-state index in [9.17, 15) is 0 Å². The van der Waals surface area contributed by atoms with Crippen molar-refractivity contribution in [3.05, 3.63) is 0 Å². The van der Waals surface area contributed by atoms with E-state index in [2.05, 4.69) is 13.8 Å². The fourth-order valence-electron chi connectivity index (χ4n) is 0.972. The van der Waals surface area contributed by atoms with Crippen LogP contribution in [-0.4, -0.2) is 26.4 Å². The standard InChI is InChI=1S/C10H22I.H2O4S/c1-3-5-7-9-11-10-8-6-4-2;1-5(2,3)4/h3-10H2,1-2H3;(H2,1,2,3,4)/q+1;/p-1. The molecular weight excluding hydrogens is 343 g/mol. The van der Waals surface area contributed by atoms with E-state index in [-0.39, 0.29) is 0 Å². The van der Waals surface area contributed by atoms with Crippen LogP contribution in [0.15, 0.2) is 0 Å². The Morgan fingerprint density at radius 2 is 1.31 bits per heavy atom. The van der Waals surface area contributed by atoms with Crippen molar-refractivity contribution in [2.75, 3.05) is 8.86 Å². The lowest BCUT2D eigenvalue weighted by molar-refractivity contribution is -0.655. The minimum absolute atomic E-state index is 0.600. The molecule has 16 heavy (non-hydrogen) atoms. The second-order valence-electron chi connectivity index (χ2n) is 3.41. The van der Waals surface area contributed by atoms with Crippen molar-refractivity contribution in [3.8, 4) is 0 Å². The van der Waals surface area contributed by atoms with E-state index in [0.29, 0.717) is 21.2 Å². The first-order valence-electron chi connectivity index (χ1n) is 5.63. The smallest absolute Gasteiger partial charge is 0.268 e. The van der Waals surface area contributed by atoms with Crippen molar-refractivity contribution in [2.24, 2.45) is 0 Å². The normalized spacial score (nSPS) is 10.8. The van der Waals surface area contributed by atoms with Gasteiger partial charge in [-0.25, -0.2) is 8.42 Å². The van der Waals surface area contributed by atoms with Crippen LogP contribution >= 0.6 is 0 Å². The van der Waals surface area contributed by atoms with Gasteiger partial charge in [-0.2, -0.15) is 0 Å². The molecule has 0 unspecified atom stereocenters. The van der Waals surface area contributed by atoms with Gasteiger partial charge in [0.05, 0.1) is 0 Å². The number of alkyl halides is 2. The van der Waals surface area contributed by atoms with Crippen LogP contribution in [-0.2, 0) is 10.4 Å². The topological polar surface area (TPSA) is 77.4 Å². The Bertz CT molecular complexity index is 201. The second-order valence-corrected chi connectivity index (χ2v) is 7.50. The maximum Gasteiger partial charge on any atom is 0.268 e. The lowest BCUT2D eigenvalue weighted by Gasteiger charge is -1.88. The highest BCUT2D eigenvalue weighted by molar-refractivity contribution is 7.79. The van der Waals surface area contributed by atoms with Gasteiger partial charge in [-0.15, -0.1) is 0 Å². The number of hydrogen-bond acceptors (Lipinski definition) is 3. The molecule has 0 spiro atoms. The van der Waals surface area contributed by atoms with E-state index in [4.69, 9.17) is 17.5 Å². The van der Waals surface area contributed by atoms with Crippen LogP contribution in [0.3, 0.4) is 0 Å². The highest BCUT2D eigenvalue weighted by atomic mass is 127. The third kappa shape index (κ3) is 36.5. The molecule has 0 aromatic heterocycles. The van der Waals surface area contributed by atoms with Crippen molar-refractivity contribution in [1.82, 2.24) is 0 Å². The number of halogens is 1. The molecule has 0 aliphatic rings. The Labute approximate surface area is 110 Å². The van der Waals surface area contributed by atoms with Crippen molar-refractivity contribution >= 4 is 10.4 Å². The molecule has 0 saturated carbocycles. The van der Waals surface area contributed by atoms with Crippen molar-refractivity contribution in [2.45, 2.75) is 52.4 Å². The minimum Gasteiger partial charge on any atom is -0.726 e. The molecule has 0 heterocycles. The zero-order valence-corrected chi connectivity index (χ0v) is 13.1. The first kappa shape index (κ1) is 19.0. The van der Waals surface area contributed by atoms with Crippen LogP contribution in [0, 0.1) is 0 Å². The number of rotatable bonds is 8. The predicted molar refractivity (Wildman–Crippen MR) is 61.1 cm³/mol. The molecule has 0 rings (SSSR count). The Morgan fingerprint density at radius 1 is 1.00 bits per heavy atom. The lowest BCUT2D eigenvalue weighted by atomic mass is 10.3. The highest BCUT2D eigenvalue weighted by Crippen LogP contribution is 1.89. The van der Waals surface area contributed by atoms with Crippen LogP contribution in [0.5, 0.6) is 0 Å². The third-order valence-electron chi connectivity index (χ3n) is 1.74. The van der Waals surface area contributed by atoms with Crippen LogP contribution in [0.4, 0.5) is 0 Å². The van der Waals surface area contributed by atoms with Crippen LogP contribution < -0.4 is 21.2 Å². The summed E-state index contributed by atoms with van der Waals surface area (Å²) in [4.78, 5) is 0. The quantitative estimate of drug-likeness (QED) is 0.206. The maximum atomic E-state index is 8.63. The van der Waals surface area contributed by atoms with Crippen LogP contribution in [0.1, 0.15) is 52.4 Å². The summed E-state index contributed by atoms with van der Waals surface area (Å²) in [6.07, 6.45) is 8.73. The molecule has 0 saturated heterocycles.